The van der Waals surface area contributed by atoms with Gasteiger partial charge in [0.1, 0.15) is 30.0 Å². The van der Waals surface area contributed by atoms with Gasteiger partial charge in [0.2, 0.25) is 5.95 Å². The van der Waals surface area contributed by atoms with Crippen molar-refractivity contribution in [2.75, 3.05) is 69.8 Å². The van der Waals surface area contributed by atoms with Crippen molar-refractivity contribution in [3.63, 3.8) is 0 Å². The lowest BCUT2D eigenvalue weighted by Gasteiger charge is -2.43. The minimum Gasteiger partial charge on any atom is -0.495 e. The average molecular weight is 651 g/mol. The van der Waals surface area contributed by atoms with Gasteiger partial charge in [0.05, 0.1) is 44.2 Å². The third-order valence-corrected chi connectivity index (χ3v) is 8.63. The molecule has 3 saturated heterocycles. The van der Waals surface area contributed by atoms with Crippen LogP contribution in [0.5, 0.6) is 11.5 Å². The number of nitrogens with one attached hydrogen (secondary N) is 1. The molecule has 0 saturated carbocycles. The molecule has 3 aromatic rings. The highest BCUT2D eigenvalue weighted by atomic mass is 19.3. The van der Waals surface area contributed by atoms with Gasteiger partial charge >= 0.3 is 5.92 Å². The molecule has 2 aromatic carbocycles. The molecule has 0 aliphatic carbocycles. The van der Waals surface area contributed by atoms with E-state index in [0.29, 0.717) is 23.0 Å². The number of methoxy groups -OCH3 is 1. The fourth-order valence-corrected chi connectivity index (χ4v) is 5.93. The number of aliphatic hydroxyl groups is 1. The highest BCUT2D eigenvalue weighted by Crippen LogP contribution is 2.35. The number of rotatable bonds is 9. The zero-order chi connectivity index (χ0) is 33.1. The summed E-state index contributed by atoms with van der Waals surface area (Å²) in [5.41, 5.74) is 2.19. The van der Waals surface area contributed by atoms with Crippen molar-refractivity contribution in [3.05, 3.63) is 48.3 Å². The molecule has 2 N–H and O–H groups in total. The molecule has 1 amide bonds. The van der Waals surface area contributed by atoms with Crippen LogP contribution in [0, 0.1) is 11.3 Å². The van der Waals surface area contributed by atoms with Crippen LogP contribution >= 0.6 is 0 Å². The highest BCUT2D eigenvalue weighted by molar-refractivity contribution is 5.80. The molecule has 3 aliphatic heterocycles. The minimum atomic E-state index is -3.38. The molecule has 0 radical (unpaired) electrons. The third kappa shape index (κ3) is 7.04. The number of aromatic nitrogens is 3. The van der Waals surface area contributed by atoms with Crippen molar-refractivity contribution in [1.29, 1.82) is 5.26 Å². The van der Waals surface area contributed by atoms with E-state index in [2.05, 4.69) is 30.1 Å². The summed E-state index contributed by atoms with van der Waals surface area (Å²) in [5.74, 6) is -2.93. The predicted octanol–water partition coefficient (Wildman–Crippen LogP) is 2.68. The van der Waals surface area contributed by atoms with Crippen LogP contribution in [0.1, 0.15) is 18.9 Å². The first-order valence-corrected chi connectivity index (χ1v) is 15.4. The number of carbonyl (C=O) groups is 1. The fourth-order valence-electron chi connectivity index (χ4n) is 5.93. The van der Waals surface area contributed by atoms with Gasteiger partial charge in [-0.05, 0) is 37.3 Å². The van der Waals surface area contributed by atoms with Gasteiger partial charge in [0.15, 0.2) is 11.9 Å². The Labute approximate surface area is 270 Å². The van der Waals surface area contributed by atoms with Gasteiger partial charge < -0.3 is 34.4 Å². The zero-order valence-corrected chi connectivity index (χ0v) is 26.1. The number of piperidine rings is 1. The first kappa shape index (κ1) is 32.3. The molecule has 0 spiro atoms. The van der Waals surface area contributed by atoms with E-state index in [-0.39, 0.29) is 36.1 Å². The number of benzene rings is 2. The molecular formula is C32H36F2N8O5. The fraction of sp³-hybridized carbons (Fsp3) is 0.469. The topological polar surface area (TPSA) is 149 Å². The van der Waals surface area contributed by atoms with Crippen LogP contribution in [0.2, 0.25) is 0 Å². The van der Waals surface area contributed by atoms with Crippen LogP contribution in [0.25, 0.3) is 11.4 Å². The maximum absolute atomic E-state index is 14.9. The zero-order valence-electron chi connectivity index (χ0n) is 26.1. The molecular weight excluding hydrogens is 614 g/mol. The number of halogens is 2. The summed E-state index contributed by atoms with van der Waals surface area (Å²) in [6.45, 7) is 5.65. The standard InChI is InChI=1S/C32H36F2N8O5/c1-20(43)30(44)42-8-7-28(32(33,34)18-42)47-26-6-3-21(13-22(26)15-35)29-36-19-37-31(39-29)38-23-4-5-25(27(14-23)45-2)41-11-9-40(10-12-41)24-16-46-17-24/h3-6,13-14,19-20,24,28,43H,7-12,16-18H2,1-2H3,(H,36,37,38,39)/t20?,28-/m0/s1. The molecule has 13 nitrogen and oxygen atoms in total. The second-order valence-corrected chi connectivity index (χ2v) is 11.8. The monoisotopic (exact) mass is 650 g/mol. The third-order valence-electron chi connectivity index (χ3n) is 8.63. The van der Waals surface area contributed by atoms with Crippen LogP contribution < -0.4 is 19.7 Å². The lowest BCUT2D eigenvalue weighted by Crippen LogP contribution is -2.56. The normalized spacial score (nSPS) is 20.6. The smallest absolute Gasteiger partial charge is 0.301 e. The average Bonchev–Trinajstić information content (AvgIpc) is 3.05. The molecule has 15 heteroatoms. The molecule has 6 rings (SSSR count). The summed E-state index contributed by atoms with van der Waals surface area (Å²) in [4.78, 5) is 30.7. The van der Waals surface area contributed by atoms with Gasteiger partial charge in [0.25, 0.3) is 5.91 Å². The molecule has 2 atom stereocenters. The van der Waals surface area contributed by atoms with E-state index in [9.17, 15) is 23.9 Å². The summed E-state index contributed by atoms with van der Waals surface area (Å²) in [6, 6.07) is 12.8. The Morgan fingerprint density at radius 1 is 1.13 bits per heavy atom. The number of aliphatic hydroxyl groups excluding tert-OH is 1. The maximum Gasteiger partial charge on any atom is 0.301 e. The highest BCUT2D eigenvalue weighted by Gasteiger charge is 2.48. The first-order chi connectivity index (χ1) is 22.6. The van der Waals surface area contributed by atoms with E-state index in [1.54, 1.807) is 13.2 Å². The first-order valence-electron chi connectivity index (χ1n) is 15.4. The predicted molar refractivity (Wildman–Crippen MR) is 167 cm³/mol. The number of piperazine rings is 1. The number of carbonyl (C=O) groups excluding carboxylic acids is 1. The Morgan fingerprint density at radius 3 is 2.57 bits per heavy atom. The Kier molecular flexibility index (Phi) is 9.35. The number of anilines is 3. The molecule has 0 bridgehead atoms. The quantitative estimate of drug-likeness (QED) is 0.351. The van der Waals surface area contributed by atoms with Crippen molar-refractivity contribution in [3.8, 4) is 29.0 Å². The van der Waals surface area contributed by atoms with Crippen molar-refractivity contribution in [1.82, 2.24) is 24.8 Å². The SMILES string of the molecule is COc1cc(Nc2ncnc(-c3ccc(O[C@H]4CCN(C(=O)C(C)O)CC4(F)F)c(C#N)c3)n2)ccc1N1CCN(C2COC2)CC1. The van der Waals surface area contributed by atoms with E-state index >= 15 is 0 Å². The van der Waals surface area contributed by atoms with Crippen LogP contribution in [0.3, 0.4) is 0 Å². The number of amides is 1. The van der Waals surface area contributed by atoms with Gasteiger partial charge in [-0.1, -0.05) is 0 Å². The van der Waals surface area contributed by atoms with E-state index in [0.717, 1.165) is 50.0 Å². The van der Waals surface area contributed by atoms with Gasteiger partial charge in [0, 0.05) is 56.5 Å². The lowest BCUT2D eigenvalue weighted by atomic mass is 10.0. The molecule has 47 heavy (non-hydrogen) atoms. The molecule has 4 heterocycles. The largest absolute Gasteiger partial charge is 0.495 e. The lowest BCUT2D eigenvalue weighted by molar-refractivity contribution is -0.165. The number of likely N-dealkylation sites (tertiary alicyclic amines) is 1. The van der Waals surface area contributed by atoms with Gasteiger partial charge in [-0.25, -0.2) is 18.7 Å². The minimum absolute atomic E-state index is 0.00718. The number of alkyl halides is 2. The number of hydrogen-bond acceptors (Lipinski definition) is 12. The Balaban J connectivity index is 1.12. The van der Waals surface area contributed by atoms with Crippen LogP contribution in [0.15, 0.2) is 42.7 Å². The Morgan fingerprint density at radius 2 is 1.91 bits per heavy atom. The van der Waals surface area contributed by atoms with Crippen molar-refractivity contribution < 1.29 is 32.9 Å². The van der Waals surface area contributed by atoms with E-state index in [4.69, 9.17) is 14.2 Å². The number of nitrogens with zero attached hydrogens (tertiary/aromatic N) is 7. The summed E-state index contributed by atoms with van der Waals surface area (Å²) in [6.07, 6.45) is -1.76. The van der Waals surface area contributed by atoms with Gasteiger partial charge in [-0.15, -0.1) is 0 Å². The van der Waals surface area contributed by atoms with Gasteiger partial charge in [-0.2, -0.15) is 10.2 Å². The Bertz CT molecular complexity index is 1640. The molecule has 3 aliphatic rings. The van der Waals surface area contributed by atoms with Crippen LogP contribution in [-0.4, -0.2) is 120 Å². The van der Waals surface area contributed by atoms with Crippen LogP contribution in [-0.2, 0) is 9.53 Å². The number of ether oxygens (including phenoxy) is 3. The molecule has 1 unspecified atom stereocenters. The Hall–Kier alpha value is -4.65. The van der Waals surface area contributed by atoms with E-state index in [1.807, 2.05) is 24.3 Å². The summed E-state index contributed by atoms with van der Waals surface area (Å²) in [7, 11) is 1.63. The van der Waals surface area contributed by atoms with Gasteiger partial charge in [-0.3, -0.25) is 9.69 Å². The second-order valence-electron chi connectivity index (χ2n) is 11.8. The van der Waals surface area contributed by atoms with Crippen molar-refractivity contribution in [2.24, 2.45) is 0 Å². The number of nitriles is 1. The van der Waals surface area contributed by atoms with Crippen LogP contribution in [0.4, 0.5) is 26.1 Å². The summed E-state index contributed by atoms with van der Waals surface area (Å²) >= 11 is 0. The second kappa shape index (κ2) is 13.6. The molecule has 248 valence electrons. The van der Waals surface area contributed by atoms with E-state index < -0.39 is 30.6 Å². The van der Waals surface area contributed by atoms with Crippen molar-refractivity contribution >= 4 is 23.2 Å². The summed E-state index contributed by atoms with van der Waals surface area (Å²) in [5, 5.41) is 22.5. The molecule has 1 aromatic heterocycles. The van der Waals surface area contributed by atoms with E-state index in [1.165, 1.54) is 25.4 Å². The van der Waals surface area contributed by atoms with Crippen molar-refractivity contribution in [2.45, 2.75) is 37.5 Å². The number of hydrogen-bond donors (Lipinski definition) is 2. The maximum atomic E-state index is 14.9. The summed E-state index contributed by atoms with van der Waals surface area (Å²) < 4.78 is 46.5. The molecule has 3 fully saturated rings.